The summed E-state index contributed by atoms with van der Waals surface area (Å²) in [7, 11) is 0. The summed E-state index contributed by atoms with van der Waals surface area (Å²) in [6.07, 6.45) is 5.71. The molecular formula is C14H24O4. The van der Waals surface area contributed by atoms with E-state index >= 15 is 0 Å². The normalized spacial score (nSPS) is 25.2. The summed E-state index contributed by atoms with van der Waals surface area (Å²) >= 11 is 0. The summed E-state index contributed by atoms with van der Waals surface area (Å²) in [4.78, 5) is 10.7. The van der Waals surface area contributed by atoms with E-state index in [1.165, 1.54) is 26.0 Å². The van der Waals surface area contributed by atoms with E-state index in [1.807, 2.05) is 0 Å². The predicted molar refractivity (Wildman–Crippen MR) is 68.8 cm³/mol. The Morgan fingerprint density at radius 1 is 1.28 bits per heavy atom. The van der Waals surface area contributed by atoms with Gasteiger partial charge in [0, 0.05) is 6.92 Å². The molecule has 1 aliphatic carbocycles. The largest absolute Gasteiger partial charge is 0.502 e. The highest BCUT2D eigenvalue weighted by atomic mass is 16.7. The van der Waals surface area contributed by atoms with Crippen molar-refractivity contribution in [3.8, 4) is 0 Å². The molecule has 18 heavy (non-hydrogen) atoms. The Kier molecular flexibility index (Phi) is 6.80. The average Bonchev–Trinajstić information content (AvgIpc) is 2.34. The molecule has 1 rings (SSSR count). The van der Waals surface area contributed by atoms with Crippen molar-refractivity contribution >= 4 is 5.97 Å². The molecule has 4 nitrogen and oxygen atoms in total. The lowest BCUT2D eigenvalue weighted by atomic mass is 9.83. The quantitative estimate of drug-likeness (QED) is 0.399. The van der Waals surface area contributed by atoms with E-state index in [4.69, 9.17) is 14.2 Å². The van der Waals surface area contributed by atoms with Crippen molar-refractivity contribution in [1.29, 1.82) is 0 Å². The van der Waals surface area contributed by atoms with Crippen molar-refractivity contribution in [3.05, 3.63) is 12.8 Å². The molecule has 0 aromatic heterocycles. The average molecular weight is 256 g/mol. The van der Waals surface area contributed by atoms with Gasteiger partial charge >= 0.3 is 5.97 Å². The second-order valence-corrected chi connectivity index (χ2v) is 4.90. The number of carbonyl (C=O) groups is 1. The molecular weight excluding hydrogens is 232 g/mol. The van der Waals surface area contributed by atoms with Gasteiger partial charge in [-0.1, -0.05) is 6.58 Å². The number of carbonyl (C=O) groups excluding carboxylic acids is 1. The molecule has 1 atom stereocenters. The van der Waals surface area contributed by atoms with E-state index in [-0.39, 0.29) is 5.97 Å². The zero-order chi connectivity index (χ0) is 13.4. The smallest absolute Gasteiger partial charge is 0.304 e. The van der Waals surface area contributed by atoms with Crippen LogP contribution >= 0.6 is 0 Å². The summed E-state index contributed by atoms with van der Waals surface area (Å²) in [5.41, 5.74) is 0. The van der Waals surface area contributed by atoms with Crippen LogP contribution in [0.15, 0.2) is 12.8 Å². The van der Waals surface area contributed by atoms with Crippen LogP contribution in [0.1, 0.15) is 39.5 Å². The Balaban J connectivity index is 2.11. The molecule has 0 radical (unpaired) electrons. The summed E-state index contributed by atoms with van der Waals surface area (Å²) in [5.74, 6) is 0.918. The third-order valence-electron chi connectivity index (χ3n) is 3.31. The van der Waals surface area contributed by atoms with Gasteiger partial charge in [-0.15, -0.1) is 0 Å². The Hall–Kier alpha value is -1.03. The number of rotatable bonds is 7. The topological polar surface area (TPSA) is 44.8 Å². The van der Waals surface area contributed by atoms with Gasteiger partial charge in [0.1, 0.15) is 0 Å². The van der Waals surface area contributed by atoms with Crippen molar-refractivity contribution in [2.45, 2.75) is 45.8 Å². The molecule has 1 aliphatic rings. The van der Waals surface area contributed by atoms with Gasteiger partial charge in [-0.2, -0.15) is 0 Å². The Labute approximate surface area is 109 Å². The lowest BCUT2D eigenvalue weighted by molar-refractivity contribution is -0.175. The maximum absolute atomic E-state index is 10.7. The van der Waals surface area contributed by atoms with Gasteiger partial charge in [-0.3, -0.25) is 4.79 Å². The van der Waals surface area contributed by atoms with Crippen LogP contribution in [-0.2, 0) is 19.0 Å². The second kappa shape index (κ2) is 8.14. The fourth-order valence-electron chi connectivity index (χ4n) is 2.31. The van der Waals surface area contributed by atoms with Crippen LogP contribution in [0.25, 0.3) is 0 Å². The number of hydrogen-bond acceptors (Lipinski definition) is 4. The maximum Gasteiger partial charge on any atom is 0.304 e. The van der Waals surface area contributed by atoms with Gasteiger partial charge in [0.05, 0.1) is 19.5 Å². The Bertz CT molecular complexity index is 257. The minimum absolute atomic E-state index is 0.298. The third-order valence-corrected chi connectivity index (χ3v) is 3.31. The van der Waals surface area contributed by atoms with E-state index in [0.717, 1.165) is 19.4 Å². The lowest BCUT2D eigenvalue weighted by Gasteiger charge is -2.28. The fourth-order valence-corrected chi connectivity index (χ4v) is 2.31. The molecule has 0 heterocycles. The molecule has 4 heteroatoms. The summed E-state index contributed by atoms with van der Waals surface area (Å²) < 4.78 is 15.7. The molecule has 0 bridgehead atoms. The van der Waals surface area contributed by atoms with Crippen molar-refractivity contribution < 1.29 is 19.0 Å². The van der Waals surface area contributed by atoms with Crippen molar-refractivity contribution in [3.63, 3.8) is 0 Å². The van der Waals surface area contributed by atoms with Gasteiger partial charge < -0.3 is 14.2 Å². The van der Waals surface area contributed by atoms with Gasteiger partial charge in [-0.25, -0.2) is 0 Å². The fraction of sp³-hybridized carbons (Fsp3) is 0.786. The minimum atomic E-state index is -0.440. The maximum atomic E-state index is 10.7. The van der Waals surface area contributed by atoms with Crippen LogP contribution in [0.3, 0.4) is 0 Å². The Morgan fingerprint density at radius 2 is 1.83 bits per heavy atom. The van der Waals surface area contributed by atoms with Gasteiger partial charge in [0.15, 0.2) is 6.29 Å². The summed E-state index contributed by atoms with van der Waals surface area (Å²) in [6, 6.07) is 0. The zero-order valence-corrected chi connectivity index (χ0v) is 11.4. The third kappa shape index (κ3) is 6.05. The first-order valence-corrected chi connectivity index (χ1v) is 6.63. The molecule has 0 saturated heterocycles. The van der Waals surface area contributed by atoms with Crippen molar-refractivity contribution in [2.24, 2.45) is 11.8 Å². The molecule has 0 aromatic rings. The number of ether oxygens (including phenoxy) is 3. The molecule has 1 unspecified atom stereocenters. The molecule has 0 aliphatic heterocycles. The number of hydrogen-bond donors (Lipinski definition) is 0. The van der Waals surface area contributed by atoms with E-state index in [0.29, 0.717) is 18.4 Å². The standard InChI is InChI=1S/C14H24O4/c1-4-16-9-13-5-7-14(8-6-13)10-17-12(3)18-11(2)15/h4,12-14H,1,5-10H2,2-3H3. The van der Waals surface area contributed by atoms with Gasteiger partial charge in [0.25, 0.3) is 0 Å². The van der Waals surface area contributed by atoms with Crippen LogP contribution in [-0.4, -0.2) is 25.5 Å². The van der Waals surface area contributed by atoms with Crippen LogP contribution in [0, 0.1) is 11.8 Å². The van der Waals surface area contributed by atoms with Gasteiger partial charge in [-0.05, 0) is 44.4 Å². The van der Waals surface area contributed by atoms with Crippen LogP contribution in [0.5, 0.6) is 0 Å². The number of esters is 1. The van der Waals surface area contributed by atoms with E-state index in [1.54, 1.807) is 6.92 Å². The predicted octanol–water partition coefficient (Wildman–Crippen LogP) is 2.88. The zero-order valence-electron chi connectivity index (χ0n) is 11.4. The molecule has 0 aromatic carbocycles. The van der Waals surface area contributed by atoms with Crippen molar-refractivity contribution in [2.75, 3.05) is 13.2 Å². The first kappa shape index (κ1) is 15.0. The molecule has 104 valence electrons. The molecule has 1 fully saturated rings. The summed E-state index contributed by atoms with van der Waals surface area (Å²) in [6.45, 7) is 8.15. The highest BCUT2D eigenvalue weighted by molar-refractivity contribution is 5.65. The first-order valence-electron chi connectivity index (χ1n) is 6.63. The van der Waals surface area contributed by atoms with Crippen LogP contribution in [0.2, 0.25) is 0 Å². The molecule has 0 N–H and O–H groups in total. The van der Waals surface area contributed by atoms with Crippen LogP contribution < -0.4 is 0 Å². The molecule has 0 spiro atoms. The van der Waals surface area contributed by atoms with Gasteiger partial charge in [0.2, 0.25) is 0 Å². The molecule has 0 amide bonds. The summed E-state index contributed by atoms with van der Waals surface area (Å²) in [5, 5.41) is 0. The molecule has 1 saturated carbocycles. The highest BCUT2D eigenvalue weighted by Gasteiger charge is 2.22. The second-order valence-electron chi connectivity index (χ2n) is 4.90. The van der Waals surface area contributed by atoms with E-state index in [9.17, 15) is 4.79 Å². The highest BCUT2D eigenvalue weighted by Crippen LogP contribution is 2.29. The van der Waals surface area contributed by atoms with E-state index < -0.39 is 6.29 Å². The Morgan fingerprint density at radius 3 is 2.33 bits per heavy atom. The monoisotopic (exact) mass is 256 g/mol. The SMILES string of the molecule is C=COCC1CCC(COC(C)OC(C)=O)CC1. The minimum Gasteiger partial charge on any atom is -0.502 e. The van der Waals surface area contributed by atoms with Crippen molar-refractivity contribution in [1.82, 2.24) is 0 Å². The van der Waals surface area contributed by atoms with Crippen LogP contribution in [0.4, 0.5) is 0 Å². The first-order chi connectivity index (χ1) is 8.61. The lowest BCUT2D eigenvalue weighted by Crippen LogP contribution is -2.24. The van der Waals surface area contributed by atoms with E-state index in [2.05, 4.69) is 6.58 Å².